The van der Waals surface area contributed by atoms with Crippen molar-refractivity contribution < 1.29 is 14.7 Å². The zero-order valence-corrected chi connectivity index (χ0v) is 13.6. The van der Waals surface area contributed by atoms with Crippen molar-refractivity contribution >= 4 is 17.6 Å². The highest BCUT2D eigenvalue weighted by atomic mass is 16.4. The van der Waals surface area contributed by atoms with E-state index in [0.29, 0.717) is 29.9 Å². The number of aryl methyl sites for hydroxylation is 1. The summed E-state index contributed by atoms with van der Waals surface area (Å²) >= 11 is 0. The van der Waals surface area contributed by atoms with Gasteiger partial charge in [-0.3, -0.25) is 19.3 Å². The number of carboxylic acid groups (broad SMARTS) is 1. The van der Waals surface area contributed by atoms with Gasteiger partial charge in [0.15, 0.2) is 5.82 Å². The van der Waals surface area contributed by atoms with Crippen LogP contribution in [0.25, 0.3) is 11.4 Å². The number of nitrogens with zero attached hydrogens (tertiary/aromatic N) is 4. The van der Waals surface area contributed by atoms with Gasteiger partial charge in [-0.15, -0.1) is 0 Å². The molecule has 0 aliphatic carbocycles. The van der Waals surface area contributed by atoms with Gasteiger partial charge in [-0.05, 0) is 19.1 Å². The van der Waals surface area contributed by atoms with Crippen LogP contribution in [0, 0.1) is 6.92 Å². The normalized spacial score (nSPS) is 20.8. The average molecular weight is 340 g/mol. The number of aliphatic carboxylic acids is 1. The number of benzene rings is 1. The molecule has 0 saturated carbocycles. The van der Waals surface area contributed by atoms with Gasteiger partial charge in [0.05, 0.1) is 5.69 Å². The van der Waals surface area contributed by atoms with Crippen molar-refractivity contribution in [1.29, 1.82) is 0 Å². The number of anilines is 1. The SMILES string of the molecule is Cc1nn2c(nc1=O)-c1ccccc1N1C(=O)CCC12CCC(=O)O. The van der Waals surface area contributed by atoms with E-state index in [9.17, 15) is 14.4 Å². The number of amides is 1. The molecule has 1 saturated heterocycles. The molecular weight excluding hydrogens is 324 g/mol. The van der Waals surface area contributed by atoms with Gasteiger partial charge in [-0.25, -0.2) is 4.68 Å². The van der Waals surface area contributed by atoms with Crippen LogP contribution < -0.4 is 10.5 Å². The van der Waals surface area contributed by atoms with Gasteiger partial charge >= 0.3 is 5.97 Å². The topological polar surface area (TPSA) is 105 Å². The molecule has 2 aromatic rings. The van der Waals surface area contributed by atoms with E-state index in [1.54, 1.807) is 34.7 Å². The van der Waals surface area contributed by atoms with E-state index >= 15 is 0 Å². The van der Waals surface area contributed by atoms with Crippen LogP contribution in [-0.2, 0) is 15.3 Å². The zero-order valence-electron chi connectivity index (χ0n) is 13.6. The molecule has 8 heteroatoms. The number of hydrogen-bond donors (Lipinski definition) is 1. The fraction of sp³-hybridized carbons (Fsp3) is 0.353. The smallest absolute Gasteiger partial charge is 0.303 e. The molecule has 8 nitrogen and oxygen atoms in total. The highest BCUT2D eigenvalue weighted by Crippen LogP contribution is 2.49. The number of rotatable bonds is 3. The number of carboxylic acids is 1. The highest BCUT2D eigenvalue weighted by molar-refractivity contribution is 6.01. The Bertz CT molecular complexity index is 967. The minimum Gasteiger partial charge on any atom is -0.481 e. The standard InChI is InChI=1S/C17H16N4O4/c1-10-16(25)18-15-11-4-2-3-5-12(11)20-13(22)6-8-17(20,21(15)19-10)9-7-14(23)24/h2-5H,6-9H2,1H3,(H,23,24). The fourth-order valence-electron chi connectivity index (χ4n) is 3.76. The summed E-state index contributed by atoms with van der Waals surface area (Å²) in [5.74, 6) is -0.649. The van der Waals surface area contributed by atoms with E-state index in [4.69, 9.17) is 5.11 Å². The van der Waals surface area contributed by atoms with E-state index in [-0.39, 0.29) is 24.4 Å². The number of fused-ring (bicyclic) bond motifs is 6. The second-order valence-corrected chi connectivity index (χ2v) is 6.36. The summed E-state index contributed by atoms with van der Waals surface area (Å²) < 4.78 is 1.58. The Morgan fingerprint density at radius 1 is 1.32 bits per heavy atom. The Labute approximate surface area is 142 Å². The van der Waals surface area contributed by atoms with E-state index in [0.717, 1.165) is 0 Å². The van der Waals surface area contributed by atoms with Crippen molar-refractivity contribution in [2.24, 2.45) is 0 Å². The average Bonchev–Trinajstić information content (AvgIpc) is 2.93. The molecule has 1 atom stereocenters. The van der Waals surface area contributed by atoms with Gasteiger partial charge in [-0.1, -0.05) is 12.1 Å². The highest BCUT2D eigenvalue weighted by Gasteiger charge is 2.52. The molecule has 1 aromatic carbocycles. The second-order valence-electron chi connectivity index (χ2n) is 6.36. The minimum absolute atomic E-state index is 0.0818. The van der Waals surface area contributed by atoms with Gasteiger partial charge in [0.25, 0.3) is 5.56 Å². The molecule has 3 heterocycles. The lowest BCUT2D eigenvalue weighted by atomic mass is 9.95. The van der Waals surface area contributed by atoms with Crippen LogP contribution in [0.15, 0.2) is 29.1 Å². The van der Waals surface area contributed by atoms with Crippen molar-refractivity contribution in [1.82, 2.24) is 14.8 Å². The second kappa shape index (κ2) is 5.23. The first-order chi connectivity index (χ1) is 11.9. The predicted molar refractivity (Wildman–Crippen MR) is 88.0 cm³/mol. The Morgan fingerprint density at radius 3 is 2.84 bits per heavy atom. The van der Waals surface area contributed by atoms with Crippen molar-refractivity contribution in [3.8, 4) is 11.4 Å². The Morgan fingerprint density at radius 2 is 2.08 bits per heavy atom. The number of carbonyl (C=O) groups is 2. The number of carbonyl (C=O) groups excluding carboxylic acids is 1. The first-order valence-electron chi connectivity index (χ1n) is 8.07. The number of hydrogen-bond acceptors (Lipinski definition) is 5. The summed E-state index contributed by atoms with van der Waals surface area (Å²) in [6.07, 6.45) is 0.808. The maximum atomic E-state index is 12.6. The zero-order chi connectivity index (χ0) is 17.8. The molecule has 0 spiro atoms. The van der Waals surface area contributed by atoms with E-state index in [1.807, 2.05) is 6.07 Å². The third-order valence-electron chi connectivity index (χ3n) is 4.89. The Hall–Kier alpha value is -3.03. The quantitative estimate of drug-likeness (QED) is 0.902. The Kier molecular flexibility index (Phi) is 3.24. The largest absolute Gasteiger partial charge is 0.481 e. The molecule has 0 bridgehead atoms. The lowest BCUT2D eigenvalue weighted by molar-refractivity contribution is -0.137. The van der Waals surface area contributed by atoms with Crippen LogP contribution in [0.2, 0.25) is 0 Å². The van der Waals surface area contributed by atoms with Crippen LogP contribution >= 0.6 is 0 Å². The molecule has 1 N–H and O–H groups in total. The number of aromatic nitrogens is 3. The van der Waals surface area contributed by atoms with Crippen molar-refractivity contribution in [2.75, 3.05) is 4.90 Å². The third kappa shape index (κ3) is 2.10. The summed E-state index contributed by atoms with van der Waals surface area (Å²) in [5, 5.41) is 13.6. The van der Waals surface area contributed by atoms with Gasteiger partial charge in [0.1, 0.15) is 11.4 Å². The first-order valence-corrected chi connectivity index (χ1v) is 8.07. The molecule has 0 radical (unpaired) electrons. The van der Waals surface area contributed by atoms with Gasteiger partial charge in [0, 0.05) is 31.2 Å². The molecular formula is C17H16N4O4. The van der Waals surface area contributed by atoms with Gasteiger partial charge in [-0.2, -0.15) is 10.1 Å². The first kappa shape index (κ1) is 15.5. The summed E-state index contributed by atoms with van der Waals surface area (Å²) in [6.45, 7) is 1.56. The molecule has 1 aromatic heterocycles. The van der Waals surface area contributed by atoms with Crippen molar-refractivity contribution in [2.45, 2.75) is 38.3 Å². The predicted octanol–water partition coefficient (Wildman–Crippen LogP) is 1.27. The lowest BCUT2D eigenvalue weighted by Gasteiger charge is -2.44. The van der Waals surface area contributed by atoms with Crippen LogP contribution in [0.3, 0.4) is 0 Å². The summed E-state index contributed by atoms with van der Waals surface area (Å²) in [4.78, 5) is 41.7. The van der Waals surface area contributed by atoms with Crippen LogP contribution in [0.5, 0.6) is 0 Å². The van der Waals surface area contributed by atoms with E-state index in [2.05, 4.69) is 10.1 Å². The van der Waals surface area contributed by atoms with Crippen LogP contribution in [-0.4, -0.2) is 31.7 Å². The van der Waals surface area contributed by atoms with Crippen molar-refractivity contribution in [3.05, 3.63) is 40.3 Å². The summed E-state index contributed by atoms with van der Waals surface area (Å²) in [6, 6.07) is 7.20. The molecule has 25 heavy (non-hydrogen) atoms. The van der Waals surface area contributed by atoms with Crippen LogP contribution in [0.1, 0.15) is 31.4 Å². The van der Waals surface area contributed by atoms with E-state index in [1.165, 1.54) is 0 Å². The molecule has 1 fully saturated rings. The van der Waals surface area contributed by atoms with Gasteiger partial charge < -0.3 is 5.11 Å². The maximum Gasteiger partial charge on any atom is 0.303 e. The number of para-hydroxylation sites is 1. The summed E-state index contributed by atoms with van der Waals surface area (Å²) in [5.41, 5.74) is 0.149. The molecule has 1 unspecified atom stereocenters. The fourth-order valence-corrected chi connectivity index (χ4v) is 3.76. The molecule has 2 aliphatic rings. The summed E-state index contributed by atoms with van der Waals surface area (Å²) in [7, 11) is 0. The molecule has 2 aliphatic heterocycles. The lowest BCUT2D eigenvalue weighted by Crippen LogP contribution is -2.53. The molecule has 1 amide bonds. The molecule has 4 rings (SSSR count). The van der Waals surface area contributed by atoms with Gasteiger partial charge in [0.2, 0.25) is 5.91 Å². The third-order valence-corrected chi connectivity index (χ3v) is 4.89. The Balaban J connectivity index is 2.04. The molecule has 128 valence electrons. The maximum absolute atomic E-state index is 12.6. The van der Waals surface area contributed by atoms with Crippen molar-refractivity contribution in [3.63, 3.8) is 0 Å². The monoisotopic (exact) mass is 340 g/mol. The minimum atomic E-state index is -0.945. The van der Waals surface area contributed by atoms with E-state index < -0.39 is 17.2 Å². The van der Waals surface area contributed by atoms with Crippen LogP contribution in [0.4, 0.5) is 5.69 Å².